The smallest absolute Gasteiger partial charge is 0.175 e. The number of aryl methyl sites for hydroxylation is 1. The van der Waals surface area contributed by atoms with Crippen LogP contribution in [-0.2, 0) is 0 Å². The molecule has 2 N–H and O–H groups in total. The van der Waals surface area contributed by atoms with E-state index in [9.17, 15) is 9.65 Å². The van der Waals surface area contributed by atoms with Gasteiger partial charge in [0.2, 0.25) is 0 Å². The van der Waals surface area contributed by atoms with Gasteiger partial charge in [-0.05, 0) is 57.6 Å². The van der Waals surface area contributed by atoms with E-state index in [1.807, 2.05) is 37.3 Å². The van der Waals surface area contributed by atoms with Gasteiger partial charge < -0.3 is 24.8 Å². The van der Waals surface area contributed by atoms with Crippen LogP contribution in [0.5, 0.6) is 5.75 Å². The Morgan fingerprint density at radius 3 is 2.64 bits per heavy atom. The summed E-state index contributed by atoms with van der Waals surface area (Å²) in [6.07, 6.45) is 4.02. The standard InChI is InChI=1S/C30H32F2N6O/c1-18-6-5-11-34-30(36-21-7-9-22(10-8-21)38-13-12-37(4)20(3)17-38)24(16-33)29(18)39-26-15-25(31)28-23(27(26)32)14-19(2)35-28/h5,7-11,14-15,18,20,35H,6,12-13,17H2,1-4H3,(H,34,36)/b11-5+,29-24+. The molecule has 0 bridgehead atoms. The zero-order valence-electron chi connectivity index (χ0n) is 22.6. The van der Waals surface area contributed by atoms with E-state index in [2.05, 4.69) is 45.1 Å². The molecule has 1 aromatic heterocycles. The molecule has 0 aliphatic carbocycles. The molecule has 7 nitrogen and oxygen atoms in total. The molecule has 3 heterocycles. The second-order valence-electron chi connectivity index (χ2n) is 10.3. The van der Waals surface area contributed by atoms with Gasteiger partial charge in [0.15, 0.2) is 23.2 Å². The number of hydrogen-bond donors (Lipinski definition) is 2. The Labute approximate surface area is 227 Å². The highest BCUT2D eigenvalue weighted by atomic mass is 19.1. The molecule has 1 fully saturated rings. The predicted octanol–water partition coefficient (Wildman–Crippen LogP) is 6.12. The number of nitrogens with one attached hydrogen (secondary N) is 2. The number of anilines is 2. The van der Waals surface area contributed by atoms with Gasteiger partial charge in [-0.25, -0.2) is 13.8 Å². The molecule has 3 aromatic rings. The number of piperazine rings is 1. The van der Waals surface area contributed by atoms with Crippen molar-refractivity contribution in [3.63, 3.8) is 0 Å². The average Bonchev–Trinajstić information content (AvgIpc) is 3.32. The molecule has 39 heavy (non-hydrogen) atoms. The van der Waals surface area contributed by atoms with Crippen molar-refractivity contribution in [2.45, 2.75) is 33.2 Å². The van der Waals surface area contributed by atoms with Crippen molar-refractivity contribution in [3.05, 3.63) is 77.3 Å². The molecule has 2 atom stereocenters. The first-order chi connectivity index (χ1) is 18.7. The molecule has 9 heteroatoms. The summed E-state index contributed by atoms with van der Waals surface area (Å²) in [6.45, 7) is 8.73. The van der Waals surface area contributed by atoms with Gasteiger partial charge in [0.1, 0.15) is 17.4 Å². The number of H-pyrrole nitrogens is 1. The number of ether oxygens (including phenoxy) is 1. The lowest BCUT2D eigenvalue weighted by Gasteiger charge is -2.39. The van der Waals surface area contributed by atoms with E-state index in [0.29, 0.717) is 18.2 Å². The molecule has 0 spiro atoms. The Balaban J connectivity index is 1.44. The molecular weight excluding hydrogens is 498 g/mol. The summed E-state index contributed by atoms with van der Waals surface area (Å²) in [5.41, 5.74) is 2.72. The third-order valence-corrected chi connectivity index (χ3v) is 7.42. The van der Waals surface area contributed by atoms with Crippen LogP contribution in [0.4, 0.5) is 20.2 Å². The zero-order chi connectivity index (χ0) is 27.7. The molecule has 2 unspecified atom stereocenters. The Hall–Kier alpha value is -4.16. The van der Waals surface area contributed by atoms with Gasteiger partial charge in [-0.3, -0.25) is 0 Å². The normalized spacial score (nSPS) is 24.4. The highest BCUT2D eigenvalue weighted by Gasteiger charge is 2.25. The minimum atomic E-state index is -0.689. The summed E-state index contributed by atoms with van der Waals surface area (Å²) in [7, 11) is 2.14. The largest absolute Gasteiger partial charge is 0.457 e. The Kier molecular flexibility index (Phi) is 7.40. The van der Waals surface area contributed by atoms with Crippen LogP contribution >= 0.6 is 0 Å². The number of halogens is 2. The summed E-state index contributed by atoms with van der Waals surface area (Å²) in [6, 6.07) is 13.2. The number of fused-ring (bicyclic) bond motifs is 1. The number of likely N-dealkylation sites (N-methyl/N-ethyl adjacent to an activating group) is 1. The van der Waals surface area contributed by atoms with Crippen molar-refractivity contribution in [3.8, 4) is 11.8 Å². The number of aromatic amines is 1. The van der Waals surface area contributed by atoms with Crippen LogP contribution in [0.1, 0.15) is 26.0 Å². The summed E-state index contributed by atoms with van der Waals surface area (Å²) in [5.74, 6) is -1.38. The first kappa shape index (κ1) is 26.4. The van der Waals surface area contributed by atoms with Crippen LogP contribution in [0.25, 0.3) is 10.9 Å². The highest BCUT2D eigenvalue weighted by Crippen LogP contribution is 2.34. The third-order valence-electron chi connectivity index (χ3n) is 7.42. The first-order valence-electron chi connectivity index (χ1n) is 13.1. The summed E-state index contributed by atoms with van der Waals surface area (Å²) in [4.78, 5) is 12.0. The van der Waals surface area contributed by atoms with Gasteiger partial charge in [-0.15, -0.1) is 0 Å². The van der Waals surface area contributed by atoms with E-state index >= 15 is 4.39 Å². The third kappa shape index (κ3) is 5.38. The van der Waals surface area contributed by atoms with Gasteiger partial charge in [-0.2, -0.15) is 5.26 Å². The maximum absolute atomic E-state index is 15.4. The molecule has 0 radical (unpaired) electrons. The van der Waals surface area contributed by atoms with Gasteiger partial charge in [0.05, 0.1) is 5.52 Å². The second kappa shape index (κ2) is 10.9. The number of hydrogen-bond acceptors (Lipinski definition) is 6. The fourth-order valence-electron chi connectivity index (χ4n) is 4.98. The number of aliphatic imine (C=N–C) groups is 1. The molecule has 0 amide bonds. The van der Waals surface area contributed by atoms with Gasteiger partial charge in [-0.1, -0.05) is 13.0 Å². The maximum Gasteiger partial charge on any atom is 0.175 e. The molecule has 202 valence electrons. The number of rotatable bonds is 4. The minimum absolute atomic E-state index is 0.0823. The van der Waals surface area contributed by atoms with Crippen LogP contribution in [0.15, 0.2) is 65.0 Å². The highest BCUT2D eigenvalue weighted by molar-refractivity contribution is 6.11. The van der Waals surface area contributed by atoms with Gasteiger partial charge in [0, 0.05) is 66.3 Å². The molecule has 5 rings (SSSR count). The SMILES string of the molecule is Cc1cc2c(F)c(O/C3=C(C#N)/C(Nc4ccc(N5CCN(C)C(C)C5)cc4)=N/C=C/CC3C)cc(F)c2[nH]1. The number of benzene rings is 2. The molecule has 2 aromatic carbocycles. The Morgan fingerprint density at radius 2 is 1.92 bits per heavy atom. The van der Waals surface area contributed by atoms with Crippen LogP contribution in [0.3, 0.4) is 0 Å². The Bertz CT molecular complexity index is 1510. The predicted molar refractivity (Wildman–Crippen MR) is 151 cm³/mol. The summed E-state index contributed by atoms with van der Waals surface area (Å²) in [5, 5.41) is 13.5. The topological polar surface area (TPSA) is 79.7 Å². The van der Waals surface area contributed by atoms with Crippen molar-refractivity contribution < 1.29 is 13.5 Å². The molecule has 1 saturated heterocycles. The van der Waals surface area contributed by atoms with Crippen molar-refractivity contribution >= 4 is 28.1 Å². The van der Waals surface area contributed by atoms with Crippen molar-refractivity contribution in [1.82, 2.24) is 9.88 Å². The van der Waals surface area contributed by atoms with E-state index in [0.717, 1.165) is 37.1 Å². The van der Waals surface area contributed by atoms with E-state index in [-0.39, 0.29) is 39.7 Å². The van der Waals surface area contributed by atoms with E-state index in [1.54, 1.807) is 13.1 Å². The molecule has 0 saturated carbocycles. The lowest BCUT2D eigenvalue weighted by molar-refractivity contribution is 0.234. The number of amidine groups is 1. The monoisotopic (exact) mass is 530 g/mol. The van der Waals surface area contributed by atoms with E-state index in [1.165, 1.54) is 6.07 Å². The number of nitriles is 1. The van der Waals surface area contributed by atoms with Crippen LogP contribution < -0.4 is 15.0 Å². The van der Waals surface area contributed by atoms with Crippen molar-refractivity contribution in [1.29, 1.82) is 5.26 Å². The van der Waals surface area contributed by atoms with Crippen molar-refractivity contribution in [2.75, 3.05) is 36.9 Å². The lowest BCUT2D eigenvalue weighted by atomic mass is 9.99. The van der Waals surface area contributed by atoms with Gasteiger partial charge >= 0.3 is 0 Å². The fourth-order valence-corrected chi connectivity index (χ4v) is 4.98. The summed E-state index contributed by atoms with van der Waals surface area (Å²) >= 11 is 0. The van der Waals surface area contributed by atoms with E-state index < -0.39 is 11.6 Å². The lowest BCUT2D eigenvalue weighted by Crippen LogP contribution is -2.50. The zero-order valence-corrected chi connectivity index (χ0v) is 22.6. The molecular formula is C30H32F2N6O. The maximum atomic E-state index is 15.4. The number of aromatic nitrogens is 1. The summed E-state index contributed by atoms with van der Waals surface area (Å²) < 4.78 is 36.1. The second-order valence-corrected chi connectivity index (χ2v) is 10.3. The molecule has 2 aliphatic heterocycles. The van der Waals surface area contributed by atoms with Crippen LogP contribution in [-0.4, -0.2) is 48.4 Å². The minimum Gasteiger partial charge on any atom is -0.457 e. The number of allylic oxidation sites excluding steroid dienone is 2. The van der Waals surface area contributed by atoms with Crippen LogP contribution in [0, 0.1) is 35.8 Å². The van der Waals surface area contributed by atoms with Crippen LogP contribution in [0.2, 0.25) is 0 Å². The van der Waals surface area contributed by atoms with Crippen molar-refractivity contribution in [2.24, 2.45) is 10.9 Å². The average molecular weight is 531 g/mol. The Morgan fingerprint density at radius 1 is 1.15 bits per heavy atom. The first-order valence-corrected chi connectivity index (χ1v) is 13.1. The quantitative estimate of drug-likeness (QED) is 0.425. The molecule has 2 aliphatic rings. The van der Waals surface area contributed by atoms with Gasteiger partial charge in [0.25, 0.3) is 0 Å². The number of nitrogens with zero attached hydrogens (tertiary/aromatic N) is 4. The van der Waals surface area contributed by atoms with E-state index in [4.69, 9.17) is 4.74 Å². The fraction of sp³-hybridized carbons (Fsp3) is 0.333.